The molecule has 1 atom stereocenters. The van der Waals surface area contributed by atoms with Crippen LogP contribution in [0.15, 0.2) is 55.3 Å². The van der Waals surface area contributed by atoms with Crippen molar-refractivity contribution in [3.05, 3.63) is 64.5 Å². The van der Waals surface area contributed by atoms with Crippen molar-refractivity contribution in [2.24, 2.45) is 0 Å². The number of carbonyl (C=O) groups is 1. The lowest BCUT2D eigenvalue weighted by molar-refractivity contribution is 0.104. The topological polar surface area (TPSA) is 58.6 Å². The first-order valence-electron chi connectivity index (χ1n) is 7.08. The molecule has 3 rings (SSSR count). The van der Waals surface area contributed by atoms with Gasteiger partial charge in [-0.3, -0.25) is 4.90 Å². The molecule has 0 saturated heterocycles. The Hall–Kier alpha value is -2.16. The normalized spacial score (nSPS) is 16.7. The Balaban J connectivity index is 1.65. The van der Waals surface area contributed by atoms with Crippen LogP contribution in [0.4, 0.5) is 10.5 Å². The molecule has 0 spiro atoms. The third-order valence-electron chi connectivity index (χ3n) is 3.53. The van der Waals surface area contributed by atoms with Gasteiger partial charge in [0.1, 0.15) is 22.8 Å². The Bertz CT molecular complexity index is 723. The van der Waals surface area contributed by atoms with Crippen molar-refractivity contribution in [3.8, 4) is 0 Å². The van der Waals surface area contributed by atoms with Crippen LogP contribution in [0, 0.1) is 3.70 Å². The Morgan fingerprint density at radius 3 is 2.83 bits per heavy atom. The van der Waals surface area contributed by atoms with Crippen molar-refractivity contribution in [3.63, 3.8) is 0 Å². The van der Waals surface area contributed by atoms with Crippen LogP contribution in [0.2, 0.25) is 0 Å². The first-order valence-corrected chi connectivity index (χ1v) is 8.16. The zero-order chi connectivity index (χ0) is 16.2. The highest BCUT2D eigenvalue weighted by molar-refractivity contribution is 14.1. The summed E-state index contributed by atoms with van der Waals surface area (Å²) in [4.78, 5) is 24.0. The maximum Gasteiger partial charge on any atom is 0.415 e. The summed E-state index contributed by atoms with van der Waals surface area (Å²) in [5, 5.41) is 0. The number of ether oxygens (including phenoxy) is 1. The Kier molecular flexibility index (Phi) is 4.75. The van der Waals surface area contributed by atoms with Crippen molar-refractivity contribution < 1.29 is 9.53 Å². The first-order chi connectivity index (χ1) is 11.2. The van der Waals surface area contributed by atoms with Crippen molar-refractivity contribution in [1.29, 1.82) is 0 Å². The summed E-state index contributed by atoms with van der Waals surface area (Å²) in [6.07, 6.45) is 6.19. The molecule has 1 amide bonds. The van der Waals surface area contributed by atoms with Crippen molar-refractivity contribution in [1.82, 2.24) is 14.9 Å². The SMILES string of the molecule is CC1N(C(=O)OCc2ccccc2)C=CN1c1cncnc1I. The van der Waals surface area contributed by atoms with E-state index in [4.69, 9.17) is 4.74 Å². The predicted molar refractivity (Wildman–Crippen MR) is 94.3 cm³/mol. The maximum absolute atomic E-state index is 12.3. The molecule has 1 aliphatic heterocycles. The minimum Gasteiger partial charge on any atom is -0.444 e. The van der Waals surface area contributed by atoms with Crippen LogP contribution >= 0.6 is 22.6 Å². The third-order valence-corrected chi connectivity index (χ3v) is 4.36. The first kappa shape index (κ1) is 15.7. The summed E-state index contributed by atoms with van der Waals surface area (Å²) >= 11 is 2.15. The minimum absolute atomic E-state index is 0.196. The highest BCUT2D eigenvalue weighted by Crippen LogP contribution is 2.27. The second-order valence-corrected chi connectivity index (χ2v) is 6.01. The van der Waals surface area contributed by atoms with E-state index in [9.17, 15) is 4.79 Å². The minimum atomic E-state index is -0.382. The predicted octanol–water partition coefficient (Wildman–Crippen LogP) is 3.36. The highest BCUT2D eigenvalue weighted by Gasteiger charge is 2.30. The number of nitrogens with zero attached hydrogens (tertiary/aromatic N) is 4. The molecule has 0 fully saturated rings. The number of aromatic nitrogens is 2. The van der Waals surface area contributed by atoms with Gasteiger partial charge in [0.2, 0.25) is 0 Å². The standard InChI is InChI=1S/C16H15IN4O2/c1-12-20(14-9-18-11-19-15(14)17)7-8-21(12)16(22)23-10-13-5-3-2-4-6-13/h2-9,11-12H,10H2,1H3. The Morgan fingerprint density at radius 2 is 2.09 bits per heavy atom. The lowest BCUT2D eigenvalue weighted by Crippen LogP contribution is -2.40. The fourth-order valence-electron chi connectivity index (χ4n) is 2.30. The van der Waals surface area contributed by atoms with Gasteiger partial charge in [-0.25, -0.2) is 14.8 Å². The van der Waals surface area contributed by atoms with Gasteiger partial charge in [-0.15, -0.1) is 0 Å². The lowest BCUT2D eigenvalue weighted by Gasteiger charge is -2.27. The molecular weight excluding hydrogens is 407 g/mol. The molecule has 0 saturated carbocycles. The molecule has 2 heterocycles. The van der Waals surface area contributed by atoms with Gasteiger partial charge >= 0.3 is 6.09 Å². The summed E-state index contributed by atoms with van der Waals surface area (Å²) in [7, 11) is 0. The van der Waals surface area contributed by atoms with E-state index < -0.39 is 0 Å². The van der Waals surface area contributed by atoms with E-state index in [0.29, 0.717) is 0 Å². The van der Waals surface area contributed by atoms with E-state index in [1.165, 1.54) is 6.33 Å². The Morgan fingerprint density at radius 1 is 1.30 bits per heavy atom. The van der Waals surface area contributed by atoms with Gasteiger partial charge in [-0.2, -0.15) is 0 Å². The summed E-state index contributed by atoms with van der Waals surface area (Å²) in [6.45, 7) is 2.18. The van der Waals surface area contributed by atoms with E-state index in [0.717, 1.165) is 15.0 Å². The molecule has 0 bridgehead atoms. The zero-order valence-electron chi connectivity index (χ0n) is 12.5. The number of halogens is 1. The lowest BCUT2D eigenvalue weighted by atomic mass is 10.2. The average Bonchev–Trinajstić information content (AvgIpc) is 2.95. The molecule has 118 valence electrons. The van der Waals surface area contributed by atoms with Gasteiger partial charge in [0, 0.05) is 12.4 Å². The average molecular weight is 422 g/mol. The second-order valence-electron chi connectivity index (χ2n) is 4.98. The largest absolute Gasteiger partial charge is 0.444 e. The maximum atomic E-state index is 12.3. The quantitative estimate of drug-likeness (QED) is 0.561. The Labute approximate surface area is 147 Å². The fourth-order valence-corrected chi connectivity index (χ4v) is 2.84. The number of amides is 1. The summed E-state index contributed by atoms with van der Waals surface area (Å²) in [5.74, 6) is 0. The van der Waals surface area contributed by atoms with E-state index in [2.05, 4.69) is 32.6 Å². The van der Waals surface area contributed by atoms with Gasteiger partial charge < -0.3 is 9.64 Å². The van der Waals surface area contributed by atoms with Gasteiger partial charge in [0.05, 0.1) is 11.9 Å². The second kappa shape index (κ2) is 6.95. The number of hydrogen-bond donors (Lipinski definition) is 0. The zero-order valence-corrected chi connectivity index (χ0v) is 14.6. The van der Waals surface area contributed by atoms with Gasteiger partial charge in [0.25, 0.3) is 0 Å². The summed E-state index contributed by atoms with van der Waals surface area (Å²) in [6, 6.07) is 9.61. The molecule has 1 unspecified atom stereocenters. The summed E-state index contributed by atoms with van der Waals surface area (Å²) < 4.78 is 6.20. The van der Waals surface area contributed by atoms with Gasteiger partial charge in [-0.05, 0) is 35.1 Å². The highest BCUT2D eigenvalue weighted by atomic mass is 127. The van der Waals surface area contributed by atoms with Crippen LogP contribution in [-0.4, -0.2) is 27.1 Å². The molecule has 2 aromatic rings. The molecule has 1 aromatic heterocycles. The van der Waals surface area contributed by atoms with Crippen LogP contribution in [0.5, 0.6) is 0 Å². The molecule has 0 aliphatic carbocycles. The molecule has 6 nitrogen and oxygen atoms in total. The fraction of sp³-hybridized carbons (Fsp3) is 0.188. The van der Waals surface area contributed by atoms with Crippen molar-refractivity contribution in [2.75, 3.05) is 4.90 Å². The van der Waals surface area contributed by atoms with Crippen LogP contribution < -0.4 is 4.90 Å². The van der Waals surface area contributed by atoms with Crippen LogP contribution in [-0.2, 0) is 11.3 Å². The smallest absolute Gasteiger partial charge is 0.415 e. The number of benzene rings is 1. The monoisotopic (exact) mass is 422 g/mol. The van der Waals surface area contributed by atoms with Gasteiger partial charge in [0.15, 0.2) is 0 Å². The molecule has 0 radical (unpaired) electrons. The molecule has 1 aromatic carbocycles. The van der Waals surface area contributed by atoms with E-state index in [1.54, 1.807) is 17.3 Å². The van der Waals surface area contributed by atoms with Crippen molar-refractivity contribution >= 4 is 34.4 Å². The number of rotatable bonds is 3. The molecular formula is C16H15IN4O2. The molecule has 23 heavy (non-hydrogen) atoms. The molecule has 7 heteroatoms. The number of carbonyl (C=O) groups excluding carboxylic acids is 1. The van der Waals surface area contributed by atoms with Crippen LogP contribution in [0.1, 0.15) is 12.5 Å². The summed E-state index contributed by atoms with van der Waals surface area (Å²) in [5.41, 5.74) is 1.81. The number of anilines is 1. The van der Waals surface area contributed by atoms with E-state index >= 15 is 0 Å². The van der Waals surface area contributed by atoms with Crippen LogP contribution in [0.25, 0.3) is 0 Å². The van der Waals surface area contributed by atoms with Crippen molar-refractivity contribution in [2.45, 2.75) is 19.7 Å². The van der Waals surface area contributed by atoms with Crippen LogP contribution in [0.3, 0.4) is 0 Å². The number of hydrogen-bond acceptors (Lipinski definition) is 5. The van der Waals surface area contributed by atoms with E-state index in [1.807, 2.05) is 48.4 Å². The third kappa shape index (κ3) is 3.44. The molecule has 1 aliphatic rings. The van der Waals surface area contributed by atoms with E-state index in [-0.39, 0.29) is 18.9 Å². The van der Waals surface area contributed by atoms with Gasteiger partial charge in [-0.1, -0.05) is 30.3 Å². The molecule has 0 N–H and O–H groups in total.